The molecule has 0 atom stereocenters. The van der Waals surface area contributed by atoms with Gasteiger partial charge in [-0.15, -0.1) is 0 Å². The van der Waals surface area contributed by atoms with E-state index >= 15 is 0 Å². The fourth-order valence-electron chi connectivity index (χ4n) is 1.75. The van der Waals surface area contributed by atoms with Crippen LogP contribution in [-0.2, 0) is 6.42 Å². The van der Waals surface area contributed by atoms with E-state index in [-0.39, 0.29) is 0 Å². The van der Waals surface area contributed by atoms with Gasteiger partial charge in [0.1, 0.15) is 0 Å². The molecule has 0 amide bonds. The molecule has 1 aromatic carbocycles. The molecule has 0 bridgehead atoms. The minimum absolute atomic E-state index is 0.838. The van der Waals surface area contributed by atoms with Crippen LogP contribution in [0.2, 0.25) is 5.02 Å². The van der Waals surface area contributed by atoms with Crippen LogP contribution in [0.4, 0.5) is 0 Å². The van der Waals surface area contributed by atoms with Gasteiger partial charge in [-0.3, -0.25) is 0 Å². The van der Waals surface area contributed by atoms with Crippen molar-refractivity contribution < 1.29 is 0 Å². The molecule has 1 rings (SSSR count). The molecule has 15 heavy (non-hydrogen) atoms. The molecule has 0 aliphatic carbocycles. The van der Waals surface area contributed by atoms with Gasteiger partial charge in [-0.25, -0.2) is 0 Å². The molecule has 0 heterocycles. The monoisotopic (exact) mass is 224 g/mol. The van der Waals surface area contributed by atoms with Crippen molar-refractivity contribution in [3.8, 4) is 0 Å². The number of benzene rings is 1. The molecule has 0 radical (unpaired) electrons. The molecule has 1 aromatic rings. The highest BCUT2D eigenvalue weighted by Gasteiger charge is 1.99. The van der Waals surface area contributed by atoms with E-state index in [1.807, 2.05) is 12.1 Å². The quantitative estimate of drug-likeness (QED) is 0.590. The lowest BCUT2D eigenvalue weighted by Crippen LogP contribution is -1.90. The van der Waals surface area contributed by atoms with Crippen LogP contribution >= 0.6 is 11.6 Å². The second-order valence-corrected chi connectivity index (χ2v) is 4.99. The minimum Gasteiger partial charge on any atom is -0.0840 e. The van der Waals surface area contributed by atoms with Crippen LogP contribution in [0.5, 0.6) is 0 Å². The minimum atomic E-state index is 0.838. The van der Waals surface area contributed by atoms with Crippen molar-refractivity contribution in [1.29, 1.82) is 0 Å². The lowest BCUT2D eigenvalue weighted by atomic mass is 10.0. The highest BCUT2D eigenvalue weighted by molar-refractivity contribution is 6.31. The third-order valence-electron chi connectivity index (χ3n) is 2.69. The van der Waals surface area contributed by atoms with E-state index < -0.39 is 0 Å². The van der Waals surface area contributed by atoms with Crippen molar-refractivity contribution in [3.63, 3.8) is 0 Å². The van der Waals surface area contributed by atoms with Gasteiger partial charge >= 0.3 is 0 Å². The van der Waals surface area contributed by atoms with Gasteiger partial charge in [0, 0.05) is 5.02 Å². The van der Waals surface area contributed by atoms with Crippen molar-refractivity contribution >= 4 is 11.6 Å². The molecule has 0 fully saturated rings. The fraction of sp³-hybridized carbons (Fsp3) is 0.571. The molecule has 0 saturated heterocycles. The normalized spacial score (nSPS) is 10.9. The largest absolute Gasteiger partial charge is 0.0840 e. The van der Waals surface area contributed by atoms with E-state index in [1.54, 1.807) is 0 Å². The summed E-state index contributed by atoms with van der Waals surface area (Å²) in [6, 6.07) is 8.16. The van der Waals surface area contributed by atoms with Gasteiger partial charge in [-0.1, -0.05) is 62.9 Å². The Kier molecular flexibility index (Phi) is 5.78. The zero-order valence-corrected chi connectivity index (χ0v) is 10.6. The highest BCUT2D eigenvalue weighted by Crippen LogP contribution is 2.18. The lowest BCUT2D eigenvalue weighted by Gasteiger charge is -2.05. The van der Waals surface area contributed by atoms with Gasteiger partial charge in [-0.2, -0.15) is 0 Å². The first-order chi connectivity index (χ1) is 7.20. The fourth-order valence-corrected chi connectivity index (χ4v) is 1.98. The molecule has 0 aliphatic rings. The smallest absolute Gasteiger partial charge is 0.0437 e. The van der Waals surface area contributed by atoms with E-state index in [9.17, 15) is 0 Å². The second kappa shape index (κ2) is 6.90. The van der Waals surface area contributed by atoms with Gasteiger partial charge in [0.25, 0.3) is 0 Å². The van der Waals surface area contributed by atoms with Gasteiger partial charge in [0.2, 0.25) is 0 Å². The summed E-state index contributed by atoms with van der Waals surface area (Å²) >= 11 is 6.09. The first-order valence-electron chi connectivity index (χ1n) is 5.93. The Morgan fingerprint density at radius 1 is 1.07 bits per heavy atom. The molecular formula is C14H21Cl. The van der Waals surface area contributed by atoms with E-state index in [0.29, 0.717) is 0 Å². The van der Waals surface area contributed by atoms with E-state index in [1.165, 1.54) is 31.2 Å². The van der Waals surface area contributed by atoms with Gasteiger partial charge in [-0.05, 0) is 30.4 Å². The van der Waals surface area contributed by atoms with Crippen LogP contribution in [-0.4, -0.2) is 0 Å². The Labute approximate surface area is 98.7 Å². The summed E-state index contributed by atoms with van der Waals surface area (Å²) in [7, 11) is 0. The Morgan fingerprint density at radius 2 is 1.80 bits per heavy atom. The van der Waals surface area contributed by atoms with Crippen molar-refractivity contribution in [1.82, 2.24) is 0 Å². The SMILES string of the molecule is CC(C)CCCCCc1ccccc1Cl. The van der Waals surface area contributed by atoms with Crippen LogP contribution < -0.4 is 0 Å². The first kappa shape index (κ1) is 12.6. The Balaban J connectivity index is 2.18. The Hall–Kier alpha value is -0.490. The summed E-state index contributed by atoms with van der Waals surface area (Å²) < 4.78 is 0. The Morgan fingerprint density at radius 3 is 2.47 bits per heavy atom. The number of halogens is 1. The third-order valence-corrected chi connectivity index (χ3v) is 3.05. The van der Waals surface area contributed by atoms with E-state index in [0.717, 1.165) is 17.4 Å². The summed E-state index contributed by atoms with van der Waals surface area (Å²) in [5.74, 6) is 0.838. The maximum Gasteiger partial charge on any atom is 0.0437 e. The van der Waals surface area contributed by atoms with E-state index in [2.05, 4.69) is 26.0 Å². The van der Waals surface area contributed by atoms with Gasteiger partial charge in [0.05, 0.1) is 0 Å². The number of aryl methyl sites for hydroxylation is 1. The molecule has 0 aromatic heterocycles. The van der Waals surface area contributed by atoms with Crippen LogP contribution in [0.25, 0.3) is 0 Å². The predicted octanol–water partition coefficient (Wildman–Crippen LogP) is 5.10. The van der Waals surface area contributed by atoms with Crippen molar-refractivity contribution in [2.24, 2.45) is 5.92 Å². The summed E-state index contributed by atoms with van der Waals surface area (Å²) in [5, 5.41) is 0.918. The average molecular weight is 225 g/mol. The van der Waals surface area contributed by atoms with Gasteiger partial charge in [0.15, 0.2) is 0 Å². The maximum absolute atomic E-state index is 6.09. The third kappa shape index (κ3) is 5.22. The zero-order valence-electron chi connectivity index (χ0n) is 9.80. The molecule has 0 unspecified atom stereocenters. The molecule has 0 N–H and O–H groups in total. The molecular weight excluding hydrogens is 204 g/mol. The summed E-state index contributed by atoms with van der Waals surface area (Å²) in [5.41, 5.74) is 1.30. The molecule has 0 spiro atoms. The van der Waals surface area contributed by atoms with Crippen molar-refractivity contribution in [2.45, 2.75) is 46.0 Å². The Bertz CT molecular complexity index is 278. The van der Waals surface area contributed by atoms with Crippen molar-refractivity contribution in [3.05, 3.63) is 34.9 Å². The molecule has 1 heteroatoms. The second-order valence-electron chi connectivity index (χ2n) is 4.58. The lowest BCUT2D eigenvalue weighted by molar-refractivity contribution is 0.527. The van der Waals surface area contributed by atoms with Crippen molar-refractivity contribution in [2.75, 3.05) is 0 Å². The predicted molar refractivity (Wildman–Crippen MR) is 68.5 cm³/mol. The van der Waals surface area contributed by atoms with Crippen LogP contribution in [0.15, 0.2) is 24.3 Å². The number of unbranched alkanes of at least 4 members (excludes halogenated alkanes) is 2. The highest BCUT2D eigenvalue weighted by atomic mass is 35.5. The first-order valence-corrected chi connectivity index (χ1v) is 6.31. The number of hydrogen-bond donors (Lipinski definition) is 0. The van der Waals surface area contributed by atoms with Crippen LogP contribution in [0.1, 0.15) is 45.1 Å². The van der Waals surface area contributed by atoms with Crippen LogP contribution in [0, 0.1) is 5.92 Å². The molecule has 84 valence electrons. The van der Waals surface area contributed by atoms with E-state index in [4.69, 9.17) is 11.6 Å². The molecule has 0 aliphatic heterocycles. The number of rotatable bonds is 6. The van der Waals surface area contributed by atoms with Crippen LogP contribution in [0.3, 0.4) is 0 Å². The summed E-state index contributed by atoms with van der Waals surface area (Å²) in [4.78, 5) is 0. The standard InChI is InChI=1S/C14H21Cl/c1-12(2)8-4-3-5-9-13-10-6-7-11-14(13)15/h6-7,10-12H,3-5,8-9H2,1-2H3. The van der Waals surface area contributed by atoms with Gasteiger partial charge < -0.3 is 0 Å². The number of hydrogen-bond acceptors (Lipinski definition) is 0. The topological polar surface area (TPSA) is 0 Å². The zero-order chi connectivity index (χ0) is 11.1. The average Bonchev–Trinajstić information content (AvgIpc) is 2.20. The molecule has 0 saturated carbocycles. The maximum atomic E-state index is 6.09. The summed E-state index contributed by atoms with van der Waals surface area (Å²) in [6.45, 7) is 4.57. The molecule has 0 nitrogen and oxygen atoms in total. The summed E-state index contributed by atoms with van der Waals surface area (Å²) in [6.07, 6.45) is 6.41.